The lowest BCUT2D eigenvalue weighted by molar-refractivity contribution is -0.122. The topological polar surface area (TPSA) is 68.0 Å². The van der Waals surface area contributed by atoms with Crippen molar-refractivity contribution in [2.45, 2.75) is 77.7 Å². The zero-order chi connectivity index (χ0) is 15.2. The molecule has 0 aliphatic heterocycles. The van der Waals surface area contributed by atoms with Crippen molar-refractivity contribution in [3.8, 4) is 0 Å². The Hall–Kier alpha value is -1.39. The molecule has 21 heavy (non-hydrogen) atoms. The lowest BCUT2D eigenvalue weighted by Gasteiger charge is -2.26. The molecular formula is C16H27N3O2. The van der Waals surface area contributed by atoms with Crippen LogP contribution >= 0.6 is 0 Å². The summed E-state index contributed by atoms with van der Waals surface area (Å²) in [7, 11) is 0. The second kappa shape index (κ2) is 7.57. The molecule has 0 saturated heterocycles. The van der Waals surface area contributed by atoms with Crippen molar-refractivity contribution < 1.29 is 9.32 Å². The van der Waals surface area contributed by atoms with Gasteiger partial charge in [-0.25, -0.2) is 0 Å². The summed E-state index contributed by atoms with van der Waals surface area (Å²) in [5.41, 5.74) is 0. The minimum atomic E-state index is 0.151. The summed E-state index contributed by atoms with van der Waals surface area (Å²) >= 11 is 0. The van der Waals surface area contributed by atoms with Crippen LogP contribution in [0.15, 0.2) is 4.52 Å². The molecule has 1 aromatic heterocycles. The highest BCUT2D eigenvalue weighted by Crippen LogP contribution is 2.23. The second-order valence-electron chi connectivity index (χ2n) is 6.58. The van der Waals surface area contributed by atoms with Gasteiger partial charge in [0, 0.05) is 24.8 Å². The Bertz CT molecular complexity index is 448. The highest BCUT2D eigenvalue weighted by atomic mass is 16.5. The Morgan fingerprint density at radius 2 is 2.05 bits per heavy atom. The van der Waals surface area contributed by atoms with Crippen molar-refractivity contribution >= 4 is 5.91 Å². The Balaban J connectivity index is 1.64. The molecule has 0 spiro atoms. The molecule has 1 N–H and O–H groups in total. The number of rotatable bonds is 6. The summed E-state index contributed by atoms with van der Waals surface area (Å²) in [6.07, 6.45) is 6.66. The minimum Gasteiger partial charge on any atom is -0.353 e. The lowest BCUT2D eigenvalue weighted by Crippen LogP contribution is -2.37. The van der Waals surface area contributed by atoms with Crippen molar-refractivity contribution in [3.63, 3.8) is 0 Å². The quantitative estimate of drug-likeness (QED) is 0.874. The number of nitrogens with one attached hydrogen (secondary N) is 1. The van der Waals surface area contributed by atoms with E-state index in [4.69, 9.17) is 4.52 Å². The van der Waals surface area contributed by atoms with Crippen LogP contribution in [0.5, 0.6) is 0 Å². The molecule has 0 atom stereocenters. The largest absolute Gasteiger partial charge is 0.353 e. The first kappa shape index (κ1) is 16.0. The molecule has 2 rings (SSSR count). The molecule has 1 saturated carbocycles. The first-order valence-electron chi connectivity index (χ1n) is 8.16. The molecule has 0 radical (unpaired) electrons. The van der Waals surface area contributed by atoms with Crippen LogP contribution in [0.1, 0.15) is 76.9 Å². The molecule has 1 aliphatic rings. The smallest absolute Gasteiger partial charge is 0.226 e. The summed E-state index contributed by atoms with van der Waals surface area (Å²) in [5, 5.41) is 7.07. The van der Waals surface area contributed by atoms with Crippen molar-refractivity contribution in [3.05, 3.63) is 11.7 Å². The van der Waals surface area contributed by atoms with E-state index in [1.54, 1.807) is 0 Å². The van der Waals surface area contributed by atoms with Gasteiger partial charge in [0.2, 0.25) is 11.8 Å². The Morgan fingerprint density at radius 3 is 2.67 bits per heavy atom. The summed E-state index contributed by atoms with van der Waals surface area (Å²) in [5.74, 6) is 2.62. The van der Waals surface area contributed by atoms with Crippen molar-refractivity contribution in [2.24, 2.45) is 5.92 Å². The van der Waals surface area contributed by atoms with E-state index in [1.165, 1.54) is 12.8 Å². The third-order valence-corrected chi connectivity index (χ3v) is 4.18. The number of aryl methyl sites for hydroxylation is 1. The first-order chi connectivity index (χ1) is 10.0. The Kier molecular flexibility index (Phi) is 5.76. The van der Waals surface area contributed by atoms with E-state index in [-0.39, 0.29) is 11.8 Å². The number of nitrogens with zero attached hydrogens (tertiary/aromatic N) is 2. The summed E-state index contributed by atoms with van der Waals surface area (Å²) in [6.45, 7) is 6.36. The van der Waals surface area contributed by atoms with Gasteiger partial charge in [-0.15, -0.1) is 0 Å². The molecule has 118 valence electrons. The third-order valence-electron chi connectivity index (χ3n) is 4.18. The molecule has 1 fully saturated rings. The van der Waals surface area contributed by atoms with Crippen LogP contribution in [0, 0.1) is 5.92 Å². The number of aromatic nitrogens is 2. The highest BCUT2D eigenvalue weighted by Gasteiger charge is 2.19. The molecule has 5 heteroatoms. The van der Waals surface area contributed by atoms with Crippen LogP contribution in [-0.4, -0.2) is 22.1 Å². The van der Waals surface area contributed by atoms with E-state index in [0.717, 1.165) is 31.0 Å². The Morgan fingerprint density at radius 1 is 1.33 bits per heavy atom. The SMILES string of the molecule is CC1CCC(NC(=O)CCCc2nc(C(C)C)no2)CC1. The Labute approximate surface area is 126 Å². The molecule has 1 aliphatic carbocycles. The second-order valence-corrected chi connectivity index (χ2v) is 6.58. The fraction of sp³-hybridized carbons (Fsp3) is 0.812. The van der Waals surface area contributed by atoms with Crippen molar-refractivity contribution in [1.29, 1.82) is 0 Å². The maximum absolute atomic E-state index is 11.9. The van der Waals surface area contributed by atoms with Gasteiger partial charge in [0.25, 0.3) is 0 Å². The zero-order valence-corrected chi connectivity index (χ0v) is 13.4. The van der Waals surface area contributed by atoms with E-state index in [9.17, 15) is 4.79 Å². The van der Waals surface area contributed by atoms with Crippen molar-refractivity contribution in [2.75, 3.05) is 0 Å². The van der Waals surface area contributed by atoms with Gasteiger partial charge in [-0.3, -0.25) is 4.79 Å². The van der Waals surface area contributed by atoms with Gasteiger partial charge in [-0.2, -0.15) is 4.98 Å². The van der Waals surface area contributed by atoms with Gasteiger partial charge < -0.3 is 9.84 Å². The fourth-order valence-corrected chi connectivity index (χ4v) is 2.71. The maximum atomic E-state index is 11.9. The third kappa shape index (κ3) is 5.14. The van der Waals surface area contributed by atoms with Gasteiger partial charge in [0.15, 0.2) is 5.82 Å². The number of hydrogen-bond acceptors (Lipinski definition) is 4. The molecule has 1 aromatic rings. The van der Waals surface area contributed by atoms with Crippen LogP contribution in [0.4, 0.5) is 0 Å². The van der Waals surface area contributed by atoms with E-state index in [2.05, 4.69) is 22.4 Å². The average Bonchev–Trinajstić information content (AvgIpc) is 2.90. The molecule has 0 unspecified atom stereocenters. The average molecular weight is 293 g/mol. The molecule has 0 aromatic carbocycles. The predicted molar refractivity (Wildman–Crippen MR) is 80.9 cm³/mol. The normalized spacial score (nSPS) is 22.5. The predicted octanol–water partition coefficient (Wildman–Crippen LogP) is 3.21. The maximum Gasteiger partial charge on any atom is 0.226 e. The summed E-state index contributed by atoms with van der Waals surface area (Å²) in [6, 6.07) is 0.379. The molecule has 5 nitrogen and oxygen atoms in total. The van der Waals surface area contributed by atoms with Crippen molar-refractivity contribution in [1.82, 2.24) is 15.5 Å². The van der Waals surface area contributed by atoms with Crippen LogP contribution in [0.3, 0.4) is 0 Å². The summed E-state index contributed by atoms with van der Waals surface area (Å²) in [4.78, 5) is 16.2. The van der Waals surface area contributed by atoms with Gasteiger partial charge in [0.05, 0.1) is 0 Å². The fourth-order valence-electron chi connectivity index (χ4n) is 2.71. The van der Waals surface area contributed by atoms with Gasteiger partial charge >= 0.3 is 0 Å². The van der Waals surface area contributed by atoms with Gasteiger partial charge in [0.1, 0.15) is 0 Å². The van der Waals surface area contributed by atoms with E-state index in [1.807, 2.05) is 13.8 Å². The first-order valence-corrected chi connectivity index (χ1v) is 8.16. The molecule has 0 bridgehead atoms. The number of amides is 1. The molecule has 1 amide bonds. The van der Waals surface area contributed by atoms with Crippen LogP contribution < -0.4 is 5.32 Å². The number of carbonyl (C=O) groups excluding carboxylic acids is 1. The summed E-state index contributed by atoms with van der Waals surface area (Å²) < 4.78 is 5.18. The molecular weight excluding hydrogens is 266 g/mol. The van der Waals surface area contributed by atoms with Crippen LogP contribution in [0.2, 0.25) is 0 Å². The number of hydrogen-bond donors (Lipinski definition) is 1. The van der Waals surface area contributed by atoms with E-state index < -0.39 is 0 Å². The van der Waals surface area contributed by atoms with Gasteiger partial charge in [-0.05, 0) is 38.0 Å². The lowest BCUT2D eigenvalue weighted by atomic mass is 9.87. The molecule has 1 heterocycles. The standard InChI is InChI=1S/C16H27N3O2/c1-11(2)16-18-15(21-19-16)6-4-5-14(20)17-13-9-7-12(3)8-10-13/h11-13H,4-10H2,1-3H3,(H,17,20). The minimum absolute atomic E-state index is 0.151. The van der Waals surface area contributed by atoms with E-state index >= 15 is 0 Å². The van der Waals surface area contributed by atoms with Gasteiger partial charge in [-0.1, -0.05) is 25.9 Å². The zero-order valence-electron chi connectivity index (χ0n) is 13.4. The van der Waals surface area contributed by atoms with E-state index in [0.29, 0.717) is 24.8 Å². The van der Waals surface area contributed by atoms with Crippen LogP contribution in [0.25, 0.3) is 0 Å². The highest BCUT2D eigenvalue weighted by molar-refractivity contribution is 5.76. The van der Waals surface area contributed by atoms with Crippen LogP contribution in [-0.2, 0) is 11.2 Å². The monoisotopic (exact) mass is 293 g/mol. The number of carbonyl (C=O) groups is 1.